The van der Waals surface area contributed by atoms with E-state index in [1.54, 1.807) is 0 Å². The van der Waals surface area contributed by atoms with E-state index < -0.39 is 0 Å². The average Bonchev–Trinajstić information content (AvgIpc) is 2.29. The van der Waals surface area contributed by atoms with E-state index in [1.807, 2.05) is 0 Å². The van der Waals surface area contributed by atoms with Crippen LogP contribution in [-0.2, 0) is 0 Å². The van der Waals surface area contributed by atoms with Crippen LogP contribution in [0.25, 0.3) is 0 Å². The van der Waals surface area contributed by atoms with Crippen molar-refractivity contribution in [3.8, 4) is 0 Å². The van der Waals surface area contributed by atoms with Gasteiger partial charge in [-0.25, -0.2) is 0 Å². The quantitative estimate of drug-likeness (QED) is 0.604. The van der Waals surface area contributed by atoms with E-state index in [4.69, 9.17) is 0 Å². The van der Waals surface area contributed by atoms with Gasteiger partial charge in [0.2, 0.25) is 0 Å². The summed E-state index contributed by atoms with van der Waals surface area (Å²) in [4.78, 5) is 0. The minimum absolute atomic E-state index is 1.02. The third-order valence-corrected chi connectivity index (χ3v) is 3.36. The number of nitrogens with one attached hydrogen (secondary N) is 2. The monoisotopic (exact) mass is 212 g/mol. The summed E-state index contributed by atoms with van der Waals surface area (Å²) < 4.78 is 0. The topological polar surface area (TPSA) is 24.1 Å². The second kappa shape index (κ2) is 9.17. The predicted molar refractivity (Wildman–Crippen MR) is 67.2 cm³/mol. The van der Waals surface area contributed by atoms with Crippen LogP contribution in [0, 0.1) is 5.92 Å². The van der Waals surface area contributed by atoms with Gasteiger partial charge in [-0.3, -0.25) is 0 Å². The molecule has 0 spiro atoms. The first kappa shape index (κ1) is 13.0. The molecule has 2 nitrogen and oxygen atoms in total. The molecule has 0 aromatic carbocycles. The Bertz CT molecular complexity index is 130. The molecular formula is C13H28N2. The van der Waals surface area contributed by atoms with Crippen molar-refractivity contribution in [3.05, 3.63) is 0 Å². The lowest BCUT2D eigenvalue weighted by molar-refractivity contribution is 0.334. The highest BCUT2D eigenvalue weighted by molar-refractivity contribution is 4.66. The van der Waals surface area contributed by atoms with Gasteiger partial charge >= 0.3 is 0 Å². The maximum atomic E-state index is 3.53. The van der Waals surface area contributed by atoms with E-state index in [-0.39, 0.29) is 0 Å². The Kier molecular flexibility index (Phi) is 7.94. The molecule has 0 aliphatic heterocycles. The summed E-state index contributed by atoms with van der Waals surface area (Å²) in [7, 11) is 0. The van der Waals surface area contributed by atoms with E-state index in [0.29, 0.717) is 0 Å². The second-order valence-corrected chi connectivity index (χ2v) is 4.79. The summed E-state index contributed by atoms with van der Waals surface area (Å²) in [5.41, 5.74) is 0. The zero-order valence-electron chi connectivity index (χ0n) is 10.4. The predicted octanol–water partition coefficient (Wildman–Crippen LogP) is 2.55. The van der Waals surface area contributed by atoms with Gasteiger partial charge in [-0.1, -0.05) is 39.0 Å². The third-order valence-electron chi connectivity index (χ3n) is 3.36. The minimum Gasteiger partial charge on any atom is -0.315 e. The lowest BCUT2D eigenvalue weighted by atomic mass is 9.87. The molecule has 1 saturated carbocycles. The zero-order valence-corrected chi connectivity index (χ0v) is 10.4. The molecule has 0 amide bonds. The molecule has 2 N–H and O–H groups in total. The van der Waals surface area contributed by atoms with Crippen molar-refractivity contribution in [2.75, 3.05) is 26.2 Å². The van der Waals surface area contributed by atoms with E-state index >= 15 is 0 Å². The standard InChI is InChI=1S/C13H28N2/c1-2-9-14-11-12-15-10-8-13-6-4-3-5-7-13/h13-15H,2-12H2,1H3. The molecule has 90 valence electrons. The SMILES string of the molecule is CCCNCCNCCC1CCCCC1. The Morgan fingerprint density at radius 1 is 0.867 bits per heavy atom. The molecule has 1 aliphatic rings. The smallest absolute Gasteiger partial charge is 0.00767 e. The number of rotatable bonds is 8. The molecule has 0 bridgehead atoms. The highest BCUT2D eigenvalue weighted by atomic mass is 14.9. The van der Waals surface area contributed by atoms with E-state index in [9.17, 15) is 0 Å². The van der Waals surface area contributed by atoms with Gasteiger partial charge in [0, 0.05) is 13.1 Å². The van der Waals surface area contributed by atoms with Crippen molar-refractivity contribution in [1.29, 1.82) is 0 Å². The van der Waals surface area contributed by atoms with Crippen LogP contribution in [-0.4, -0.2) is 26.2 Å². The first-order valence-corrected chi connectivity index (χ1v) is 6.85. The van der Waals surface area contributed by atoms with E-state index in [2.05, 4.69) is 17.6 Å². The van der Waals surface area contributed by atoms with Crippen molar-refractivity contribution < 1.29 is 0 Å². The zero-order chi connectivity index (χ0) is 10.8. The molecule has 15 heavy (non-hydrogen) atoms. The summed E-state index contributed by atoms with van der Waals surface area (Å²) in [5, 5.41) is 6.94. The Hall–Kier alpha value is -0.0800. The molecule has 1 fully saturated rings. The fourth-order valence-corrected chi connectivity index (χ4v) is 2.39. The fourth-order valence-electron chi connectivity index (χ4n) is 2.39. The normalized spacial score (nSPS) is 18.2. The Morgan fingerprint density at radius 2 is 1.53 bits per heavy atom. The maximum Gasteiger partial charge on any atom is 0.00767 e. The maximum absolute atomic E-state index is 3.53. The molecule has 1 aliphatic carbocycles. The fraction of sp³-hybridized carbons (Fsp3) is 1.00. The Morgan fingerprint density at radius 3 is 2.20 bits per heavy atom. The summed E-state index contributed by atoms with van der Waals surface area (Å²) in [6.07, 6.45) is 10.0. The van der Waals surface area contributed by atoms with Crippen molar-refractivity contribution in [2.45, 2.75) is 51.9 Å². The van der Waals surface area contributed by atoms with Gasteiger partial charge < -0.3 is 10.6 Å². The average molecular weight is 212 g/mol. The molecule has 0 atom stereocenters. The molecular weight excluding hydrogens is 184 g/mol. The van der Waals surface area contributed by atoms with Gasteiger partial charge in [-0.15, -0.1) is 0 Å². The number of hydrogen-bond acceptors (Lipinski definition) is 2. The molecule has 2 heteroatoms. The lowest BCUT2D eigenvalue weighted by Gasteiger charge is -2.21. The van der Waals surface area contributed by atoms with E-state index in [1.165, 1.54) is 51.5 Å². The third kappa shape index (κ3) is 6.91. The van der Waals surface area contributed by atoms with E-state index in [0.717, 1.165) is 25.6 Å². The first-order chi connectivity index (χ1) is 7.43. The van der Waals surface area contributed by atoms with Gasteiger partial charge in [0.15, 0.2) is 0 Å². The number of hydrogen-bond donors (Lipinski definition) is 2. The van der Waals surface area contributed by atoms with Crippen LogP contribution in [0.5, 0.6) is 0 Å². The first-order valence-electron chi connectivity index (χ1n) is 6.85. The van der Waals surface area contributed by atoms with Gasteiger partial charge in [-0.2, -0.15) is 0 Å². The second-order valence-electron chi connectivity index (χ2n) is 4.79. The highest BCUT2D eigenvalue weighted by Crippen LogP contribution is 2.25. The highest BCUT2D eigenvalue weighted by Gasteiger charge is 2.12. The summed E-state index contributed by atoms with van der Waals surface area (Å²) in [6.45, 7) is 6.84. The van der Waals surface area contributed by atoms with Crippen LogP contribution >= 0.6 is 0 Å². The van der Waals surface area contributed by atoms with Crippen molar-refractivity contribution in [1.82, 2.24) is 10.6 Å². The molecule has 0 radical (unpaired) electrons. The van der Waals surface area contributed by atoms with Gasteiger partial charge in [0.25, 0.3) is 0 Å². The summed E-state index contributed by atoms with van der Waals surface area (Å²) in [5.74, 6) is 1.02. The van der Waals surface area contributed by atoms with Crippen LogP contribution in [0.15, 0.2) is 0 Å². The summed E-state index contributed by atoms with van der Waals surface area (Å²) in [6, 6.07) is 0. The largest absolute Gasteiger partial charge is 0.315 e. The van der Waals surface area contributed by atoms with Crippen molar-refractivity contribution in [2.24, 2.45) is 5.92 Å². The van der Waals surface area contributed by atoms with Crippen molar-refractivity contribution in [3.63, 3.8) is 0 Å². The lowest BCUT2D eigenvalue weighted by Crippen LogP contribution is -2.29. The van der Waals surface area contributed by atoms with Crippen LogP contribution in [0.2, 0.25) is 0 Å². The van der Waals surface area contributed by atoms with Gasteiger partial charge in [-0.05, 0) is 31.8 Å². The van der Waals surface area contributed by atoms with Gasteiger partial charge in [0.1, 0.15) is 0 Å². The Balaban J connectivity index is 1.79. The van der Waals surface area contributed by atoms with Crippen LogP contribution in [0.4, 0.5) is 0 Å². The molecule has 0 unspecified atom stereocenters. The Labute approximate surface area is 95.2 Å². The molecule has 1 rings (SSSR count). The van der Waals surface area contributed by atoms with Crippen molar-refractivity contribution >= 4 is 0 Å². The van der Waals surface area contributed by atoms with Crippen LogP contribution < -0.4 is 10.6 Å². The minimum atomic E-state index is 1.02. The van der Waals surface area contributed by atoms with Crippen LogP contribution in [0.3, 0.4) is 0 Å². The molecule has 0 aromatic rings. The van der Waals surface area contributed by atoms with Crippen LogP contribution in [0.1, 0.15) is 51.9 Å². The van der Waals surface area contributed by atoms with Gasteiger partial charge in [0.05, 0.1) is 0 Å². The summed E-state index contributed by atoms with van der Waals surface area (Å²) >= 11 is 0. The molecule has 0 aromatic heterocycles. The molecule has 0 heterocycles. The molecule has 0 saturated heterocycles.